The number of alkyl halides is 5. The van der Waals surface area contributed by atoms with Crippen molar-refractivity contribution in [3.05, 3.63) is 70.8 Å². The number of hydrogen-bond donors (Lipinski definition) is 0. The van der Waals surface area contributed by atoms with Crippen LogP contribution < -0.4 is 0 Å². The average Bonchev–Trinajstić information content (AvgIpc) is 2.67. The number of hydrogen-bond acceptors (Lipinski definition) is 3. The van der Waals surface area contributed by atoms with E-state index in [0.717, 1.165) is 24.3 Å². The summed E-state index contributed by atoms with van der Waals surface area (Å²) < 4.78 is 69.8. The third-order valence-electron chi connectivity index (χ3n) is 4.25. The highest BCUT2D eigenvalue weighted by atomic mass is 19.4. The summed E-state index contributed by atoms with van der Waals surface area (Å²) in [6, 6.07) is 10.1. The second-order valence-electron chi connectivity index (χ2n) is 6.34. The Morgan fingerprint density at radius 2 is 1.55 bits per heavy atom. The summed E-state index contributed by atoms with van der Waals surface area (Å²) in [6.45, 7) is 1.27. The van der Waals surface area contributed by atoms with Gasteiger partial charge in [-0.15, -0.1) is 0 Å². The number of esters is 1. The van der Waals surface area contributed by atoms with Gasteiger partial charge in [0.1, 0.15) is 0 Å². The molecule has 156 valence electrons. The van der Waals surface area contributed by atoms with Crippen molar-refractivity contribution in [2.24, 2.45) is 0 Å². The molecule has 0 N–H and O–H groups in total. The van der Waals surface area contributed by atoms with Crippen molar-refractivity contribution in [1.82, 2.24) is 0 Å². The van der Waals surface area contributed by atoms with E-state index in [-0.39, 0.29) is 30.6 Å². The van der Waals surface area contributed by atoms with Gasteiger partial charge in [-0.25, -0.2) is 4.79 Å². The monoisotopic (exact) mass is 414 g/mol. The molecule has 0 aliphatic heterocycles. The molecule has 0 saturated heterocycles. The molecule has 0 saturated carbocycles. The van der Waals surface area contributed by atoms with Crippen LogP contribution in [0.5, 0.6) is 0 Å². The Morgan fingerprint density at radius 3 is 2.14 bits per heavy atom. The van der Waals surface area contributed by atoms with E-state index in [9.17, 15) is 31.5 Å². The molecule has 0 aliphatic carbocycles. The lowest BCUT2D eigenvalue weighted by molar-refractivity contribution is -0.172. The molecule has 2 rings (SSSR count). The van der Waals surface area contributed by atoms with Crippen LogP contribution in [-0.2, 0) is 22.1 Å². The van der Waals surface area contributed by atoms with Crippen LogP contribution in [0, 0.1) is 0 Å². The molecule has 0 fully saturated rings. The van der Waals surface area contributed by atoms with Gasteiger partial charge in [0.05, 0.1) is 12.2 Å². The lowest BCUT2D eigenvalue weighted by atomic mass is 9.94. The summed E-state index contributed by atoms with van der Waals surface area (Å²) in [6.07, 6.45) is -5.24. The molecular weight excluding hydrogens is 395 g/mol. The summed E-state index contributed by atoms with van der Waals surface area (Å²) >= 11 is 0. The van der Waals surface area contributed by atoms with E-state index in [2.05, 4.69) is 4.74 Å². The standard InChI is InChI=1S/C21H19F5O3/c1-2-29-19(28)20(22,23)13-5-7-14-6-3-4-8-17(14)18(27)15-9-11-16(12-10-15)21(24,25)26/h3-4,6,8-12H,2,5,7,13H2,1H3. The van der Waals surface area contributed by atoms with Crippen molar-refractivity contribution >= 4 is 11.8 Å². The third kappa shape index (κ3) is 5.85. The number of benzene rings is 2. The summed E-state index contributed by atoms with van der Waals surface area (Å²) in [5.74, 6) is -5.72. The first-order chi connectivity index (χ1) is 13.6. The lowest BCUT2D eigenvalue weighted by Gasteiger charge is -2.15. The van der Waals surface area contributed by atoms with Crippen molar-refractivity contribution in [3.63, 3.8) is 0 Å². The van der Waals surface area contributed by atoms with E-state index in [1.807, 2.05) is 0 Å². The molecule has 2 aromatic rings. The zero-order valence-electron chi connectivity index (χ0n) is 15.6. The highest BCUT2D eigenvalue weighted by molar-refractivity contribution is 6.09. The molecule has 2 aromatic carbocycles. The normalized spacial score (nSPS) is 11.9. The van der Waals surface area contributed by atoms with E-state index in [0.29, 0.717) is 5.56 Å². The highest BCUT2D eigenvalue weighted by Gasteiger charge is 2.39. The number of carbonyl (C=O) groups is 2. The number of aryl methyl sites for hydroxylation is 1. The topological polar surface area (TPSA) is 43.4 Å². The first-order valence-corrected chi connectivity index (χ1v) is 8.91. The van der Waals surface area contributed by atoms with Crippen LogP contribution >= 0.6 is 0 Å². The molecule has 0 amide bonds. The average molecular weight is 414 g/mol. The maximum atomic E-state index is 13.7. The fourth-order valence-corrected chi connectivity index (χ4v) is 2.77. The summed E-state index contributed by atoms with van der Waals surface area (Å²) in [7, 11) is 0. The number of rotatable bonds is 8. The molecule has 0 atom stereocenters. The molecule has 0 aromatic heterocycles. The number of carbonyl (C=O) groups excluding carboxylic acids is 2. The van der Waals surface area contributed by atoms with Crippen molar-refractivity contribution in [2.45, 2.75) is 38.3 Å². The minimum atomic E-state index is -4.51. The molecular formula is C21H19F5O3. The Morgan fingerprint density at radius 1 is 0.931 bits per heavy atom. The van der Waals surface area contributed by atoms with Crippen LogP contribution in [0.1, 0.15) is 46.8 Å². The number of ether oxygens (including phenoxy) is 1. The predicted octanol–water partition coefficient (Wildman–Crippen LogP) is 5.46. The van der Waals surface area contributed by atoms with Crippen molar-refractivity contribution < 1.29 is 36.3 Å². The molecule has 0 unspecified atom stereocenters. The van der Waals surface area contributed by atoms with Gasteiger partial charge in [0.15, 0.2) is 5.78 Å². The van der Waals surface area contributed by atoms with E-state index in [1.165, 1.54) is 13.0 Å². The fourth-order valence-electron chi connectivity index (χ4n) is 2.77. The van der Waals surface area contributed by atoms with E-state index in [4.69, 9.17) is 0 Å². The van der Waals surface area contributed by atoms with Crippen molar-refractivity contribution in [3.8, 4) is 0 Å². The van der Waals surface area contributed by atoms with Crippen LogP contribution in [0.3, 0.4) is 0 Å². The van der Waals surface area contributed by atoms with Gasteiger partial charge in [-0.3, -0.25) is 4.79 Å². The van der Waals surface area contributed by atoms with E-state index < -0.39 is 35.8 Å². The summed E-state index contributed by atoms with van der Waals surface area (Å²) in [5.41, 5.74) is -0.130. The second-order valence-corrected chi connectivity index (χ2v) is 6.34. The van der Waals surface area contributed by atoms with Crippen LogP contribution in [-0.4, -0.2) is 24.3 Å². The van der Waals surface area contributed by atoms with Gasteiger partial charge in [-0.05, 0) is 37.5 Å². The number of halogens is 5. The van der Waals surface area contributed by atoms with Gasteiger partial charge in [0, 0.05) is 17.5 Å². The Hall–Kier alpha value is -2.77. The largest absolute Gasteiger partial charge is 0.462 e. The van der Waals surface area contributed by atoms with Crippen LogP contribution in [0.25, 0.3) is 0 Å². The lowest BCUT2D eigenvalue weighted by Crippen LogP contribution is -2.30. The first-order valence-electron chi connectivity index (χ1n) is 8.91. The predicted molar refractivity (Wildman–Crippen MR) is 95.8 cm³/mol. The second kappa shape index (κ2) is 9.15. The molecule has 0 heterocycles. The van der Waals surface area contributed by atoms with E-state index in [1.54, 1.807) is 18.2 Å². The van der Waals surface area contributed by atoms with Gasteiger partial charge in [0.25, 0.3) is 0 Å². The number of ketones is 1. The summed E-state index contributed by atoms with van der Waals surface area (Å²) in [5, 5.41) is 0. The maximum absolute atomic E-state index is 13.7. The zero-order valence-corrected chi connectivity index (χ0v) is 15.6. The minimum Gasteiger partial charge on any atom is -0.462 e. The van der Waals surface area contributed by atoms with Crippen LogP contribution in [0.2, 0.25) is 0 Å². The van der Waals surface area contributed by atoms with Crippen molar-refractivity contribution in [1.29, 1.82) is 0 Å². The van der Waals surface area contributed by atoms with Crippen LogP contribution in [0.15, 0.2) is 48.5 Å². The molecule has 3 nitrogen and oxygen atoms in total. The van der Waals surface area contributed by atoms with E-state index >= 15 is 0 Å². The van der Waals surface area contributed by atoms with Crippen LogP contribution in [0.4, 0.5) is 22.0 Å². The zero-order chi connectivity index (χ0) is 21.7. The maximum Gasteiger partial charge on any atom is 0.416 e. The van der Waals surface area contributed by atoms with Gasteiger partial charge >= 0.3 is 18.1 Å². The Kier molecular flexibility index (Phi) is 7.11. The SMILES string of the molecule is CCOC(=O)C(F)(F)CCCc1ccccc1C(=O)c1ccc(C(F)(F)F)cc1. The fraction of sp³-hybridized carbons (Fsp3) is 0.333. The molecule has 0 bridgehead atoms. The molecule has 8 heteroatoms. The minimum absolute atomic E-state index is 0.0577. The van der Waals surface area contributed by atoms with Gasteiger partial charge in [0.2, 0.25) is 0 Å². The Bertz CT molecular complexity index is 857. The molecule has 0 radical (unpaired) electrons. The Balaban J connectivity index is 2.12. The quantitative estimate of drug-likeness (QED) is 0.327. The van der Waals surface area contributed by atoms with Gasteiger partial charge in [-0.1, -0.05) is 36.4 Å². The third-order valence-corrected chi connectivity index (χ3v) is 4.25. The van der Waals surface area contributed by atoms with Gasteiger partial charge in [-0.2, -0.15) is 22.0 Å². The first kappa shape index (κ1) is 22.5. The van der Waals surface area contributed by atoms with Crippen molar-refractivity contribution in [2.75, 3.05) is 6.61 Å². The van der Waals surface area contributed by atoms with Gasteiger partial charge < -0.3 is 4.74 Å². The summed E-state index contributed by atoms with van der Waals surface area (Å²) in [4.78, 5) is 23.9. The molecule has 0 spiro atoms. The molecule has 29 heavy (non-hydrogen) atoms. The Labute approximate surface area is 164 Å². The highest BCUT2D eigenvalue weighted by Crippen LogP contribution is 2.30. The molecule has 0 aliphatic rings. The smallest absolute Gasteiger partial charge is 0.416 e.